The Labute approximate surface area is 100 Å². The van der Waals surface area contributed by atoms with E-state index in [-0.39, 0.29) is 0 Å². The van der Waals surface area contributed by atoms with E-state index in [1.54, 1.807) is 13.4 Å². The highest BCUT2D eigenvalue weighted by Crippen LogP contribution is 2.15. The molecule has 0 N–H and O–H groups in total. The zero-order valence-electron chi connectivity index (χ0n) is 9.96. The molecule has 0 amide bonds. The molecule has 0 fully saturated rings. The molecule has 0 aliphatic carbocycles. The van der Waals surface area contributed by atoms with Crippen LogP contribution in [0, 0.1) is 0 Å². The monoisotopic (exact) mass is 233 g/mol. The fraction of sp³-hybridized carbons (Fsp3) is 0.333. The van der Waals surface area contributed by atoms with Crippen molar-refractivity contribution in [2.75, 3.05) is 13.7 Å². The first-order chi connectivity index (χ1) is 8.35. The van der Waals surface area contributed by atoms with Crippen molar-refractivity contribution >= 4 is 0 Å². The van der Waals surface area contributed by atoms with Gasteiger partial charge in [0.2, 0.25) is 0 Å². The van der Waals surface area contributed by atoms with Gasteiger partial charge in [-0.3, -0.25) is 4.57 Å². The highest BCUT2D eigenvalue weighted by molar-refractivity contribution is 5.37. The molecule has 5 heteroatoms. The van der Waals surface area contributed by atoms with Crippen molar-refractivity contribution in [1.82, 2.24) is 14.8 Å². The van der Waals surface area contributed by atoms with Gasteiger partial charge in [-0.2, -0.15) is 0 Å². The van der Waals surface area contributed by atoms with Crippen molar-refractivity contribution in [2.45, 2.75) is 13.5 Å². The number of methoxy groups -OCH3 is 1. The third-order valence-electron chi connectivity index (χ3n) is 2.40. The molecule has 2 rings (SSSR count). The summed E-state index contributed by atoms with van der Waals surface area (Å²) in [5, 5.41) is 7.93. The summed E-state index contributed by atoms with van der Waals surface area (Å²) in [6.07, 6.45) is 1.68. The van der Waals surface area contributed by atoms with Gasteiger partial charge in [-0.05, 0) is 31.2 Å². The maximum Gasteiger partial charge on any atom is 0.163 e. The maximum absolute atomic E-state index is 5.34. The number of aromatic nitrogens is 3. The van der Waals surface area contributed by atoms with E-state index in [0.717, 1.165) is 17.3 Å². The predicted molar refractivity (Wildman–Crippen MR) is 63.2 cm³/mol. The summed E-state index contributed by atoms with van der Waals surface area (Å²) in [5.41, 5.74) is 0.991. The fourth-order valence-corrected chi connectivity index (χ4v) is 1.51. The molecule has 0 aliphatic rings. The summed E-state index contributed by atoms with van der Waals surface area (Å²) >= 11 is 0. The summed E-state index contributed by atoms with van der Waals surface area (Å²) in [7, 11) is 1.65. The molecule has 0 atom stereocenters. The molecular weight excluding hydrogens is 218 g/mol. The van der Waals surface area contributed by atoms with Gasteiger partial charge in [0, 0.05) is 12.3 Å². The van der Waals surface area contributed by atoms with E-state index in [9.17, 15) is 0 Å². The van der Waals surface area contributed by atoms with Crippen LogP contribution in [0.5, 0.6) is 5.75 Å². The summed E-state index contributed by atoms with van der Waals surface area (Å²) < 4.78 is 12.4. The average Bonchev–Trinajstić information content (AvgIpc) is 2.84. The van der Waals surface area contributed by atoms with Crippen LogP contribution in [0.1, 0.15) is 12.7 Å². The Hall–Kier alpha value is -1.88. The van der Waals surface area contributed by atoms with Crippen LogP contribution in [0.25, 0.3) is 5.69 Å². The van der Waals surface area contributed by atoms with Gasteiger partial charge in [0.1, 0.15) is 18.7 Å². The van der Waals surface area contributed by atoms with Crippen molar-refractivity contribution in [3.8, 4) is 11.4 Å². The lowest BCUT2D eigenvalue weighted by atomic mass is 10.3. The van der Waals surface area contributed by atoms with Crippen LogP contribution < -0.4 is 4.74 Å². The topological polar surface area (TPSA) is 49.2 Å². The minimum absolute atomic E-state index is 0.461. The molecule has 90 valence electrons. The van der Waals surface area contributed by atoms with Gasteiger partial charge < -0.3 is 9.47 Å². The van der Waals surface area contributed by atoms with Crippen LogP contribution in [0.15, 0.2) is 30.6 Å². The Morgan fingerprint density at radius 2 is 2.00 bits per heavy atom. The zero-order valence-corrected chi connectivity index (χ0v) is 9.96. The first-order valence-corrected chi connectivity index (χ1v) is 5.46. The van der Waals surface area contributed by atoms with E-state index in [1.165, 1.54) is 0 Å². The van der Waals surface area contributed by atoms with Crippen LogP contribution in [-0.4, -0.2) is 28.5 Å². The molecule has 5 nitrogen and oxygen atoms in total. The fourth-order valence-electron chi connectivity index (χ4n) is 1.51. The Balaban J connectivity index is 2.23. The number of hydrogen-bond acceptors (Lipinski definition) is 4. The van der Waals surface area contributed by atoms with Crippen molar-refractivity contribution < 1.29 is 9.47 Å². The van der Waals surface area contributed by atoms with Crippen LogP contribution in [-0.2, 0) is 11.3 Å². The van der Waals surface area contributed by atoms with Crippen LogP contribution in [0.2, 0.25) is 0 Å². The quantitative estimate of drug-likeness (QED) is 0.790. The van der Waals surface area contributed by atoms with E-state index in [2.05, 4.69) is 10.2 Å². The second kappa shape index (κ2) is 5.45. The number of benzene rings is 1. The van der Waals surface area contributed by atoms with Crippen LogP contribution in [0.3, 0.4) is 0 Å². The van der Waals surface area contributed by atoms with Gasteiger partial charge in [0.25, 0.3) is 0 Å². The lowest BCUT2D eigenvalue weighted by Gasteiger charge is -2.07. The lowest BCUT2D eigenvalue weighted by molar-refractivity contribution is 0.127. The molecule has 0 spiro atoms. The molecule has 1 heterocycles. The molecule has 0 aliphatic heterocycles. The Bertz CT molecular complexity index is 465. The van der Waals surface area contributed by atoms with Crippen molar-refractivity contribution in [1.29, 1.82) is 0 Å². The molecule has 2 aromatic rings. The summed E-state index contributed by atoms with van der Waals surface area (Å²) in [6, 6.07) is 7.72. The second-order valence-corrected chi connectivity index (χ2v) is 3.45. The molecule has 0 bridgehead atoms. The summed E-state index contributed by atoms with van der Waals surface area (Å²) in [5.74, 6) is 1.62. The van der Waals surface area contributed by atoms with E-state index in [4.69, 9.17) is 9.47 Å². The van der Waals surface area contributed by atoms with E-state index < -0.39 is 0 Å². The van der Waals surface area contributed by atoms with Crippen molar-refractivity contribution in [2.24, 2.45) is 0 Å². The number of rotatable bonds is 5. The minimum Gasteiger partial charge on any atom is -0.497 e. The largest absolute Gasteiger partial charge is 0.497 e. The Morgan fingerprint density at radius 3 is 2.65 bits per heavy atom. The number of ether oxygens (including phenoxy) is 2. The average molecular weight is 233 g/mol. The summed E-state index contributed by atoms with van der Waals surface area (Å²) in [6.45, 7) is 3.08. The SMILES string of the molecule is CCOCc1nncn1-c1ccc(OC)cc1. The van der Waals surface area contributed by atoms with Crippen molar-refractivity contribution in [3.63, 3.8) is 0 Å². The zero-order chi connectivity index (χ0) is 12.1. The van der Waals surface area contributed by atoms with Gasteiger partial charge in [0.05, 0.1) is 7.11 Å². The van der Waals surface area contributed by atoms with Crippen LogP contribution >= 0.6 is 0 Å². The minimum atomic E-state index is 0.461. The Kier molecular flexibility index (Phi) is 3.72. The second-order valence-electron chi connectivity index (χ2n) is 3.45. The first-order valence-electron chi connectivity index (χ1n) is 5.46. The molecule has 0 radical (unpaired) electrons. The molecule has 0 saturated carbocycles. The molecular formula is C12H15N3O2. The third-order valence-corrected chi connectivity index (χ3v) is 2.40. The smallest absolute Gasteiger partial charge is 0.163 e. The third kappa shape index (κ3) is 2.62. The predicted octanol–water partition coefficient (Wildman–Crippen LogP) is 1.81. The van der Waals surface area contributed by atoms with Crippen LogP contribution in [0.4, 0.5) is 0 Å². The maximum atomic E-state index is 5.34. The van der Waals surface area contributed by atoms with E-state index in [1.807, 2.05) is 35.8 Å². The Morgan fingerprint density at radius 1 is 1.24 bits per heavy atom. The van der Waals surface area contributed by atoms with E-state index in [0.29, 0.717) is 13.2 Å². The standard InChI is InChI=1S/C12H15N3O2/c1-3-17-8-12-14-13-9-15(12)10-4-6-11(16-2)7-5-10/h4-7,9H,3,8H2,1-2H3. The normalized spacial score (nSPS) is 10.5. The van der Waals surface area contributed by atoms with Gasteiger partial charge in [-0.15, -0.1) is 10.2 Å². The van der Waals surface area contributed by atoms with Gasteiger partial charge in [-0.25, -0.2) is 0 Å². The highest BCUT2D eigenvalue weighted by Gasteiger charge is 2.06. The molecule has 17 heavy (non-hydrogen) atoms. The summed E-state index contributed by atoms with van der Waals surface area (Å²) in [4.78, 5) is 0. The van der Waals surface area contributed by atoms with E-state index >= 15 is 0 Å². The lowest BCUT2D eigenvalue weighted by Crippen LogP contribution is -2.03. The van der Waals surface area contributed by atoms with Gasteiger partial charge in [0.15, 0.2) is 5.82 Å². The molecule has 1 aromatic heterocycles. The van der Waals surface area contributed by atoms with Gasteiger partial charge >= 0.3 is 0 Å². The highest BCUT2D eigenvalue weighted by atomic mass is 16.5. The first kappa shape index (κ1) is 11.6. The molecule has 0 unspecified atom stereocenters. The molecule has 0 saturated heterocycles. The number of hydrogen-bond donors (Lipinski definition) is 0. The molecule has 1 aromatic carbocycles. The number of nitrogens with zero attached hydrogens (tertiary/aromatic N) is 3. The van der Waals surface area contributed by atoms with Gasteiger partial charge in [-0.1, -0.05) is 0 Å². The van der Waals surface area contributed by atoms with Crippen molar-refractivity contribution in [3.05, 3.63) is 36.4 Å².